The number of fused-ring (bicyclic) bond motifs is 1. The predicted molar refractivity (Wildman–Crippen MR) is 93.8 cm³/mol. The Morgan fingerprint density at radius 1 is 0.947 bits per heavy atom. The molecule has 0 spiro atoms. The molecule has 2 rings (SSSR count). The number of para-hydroxylation sites is 1. The van der Waals surface area contributed by atoms with Crippen LogP contribution in [0.5, 0.6) is 0 Å². The molecular weight excluding hydrogens is 253 g/mol. The van der Waals surface area contributed by atoms with Gasteiger partial charge in [-0.2, -0.15) is 0 Å². The number of furan rings is 1. The van der Waals surface area contributed by atoms with Crippen molar-refractivity contribution in [3.8, 4) is 0 Å². The lowest BCUT2D eigenvalue weighted by atomic mass is 10.2. The molecule has 19 heavy (non-hydrogen) atoms. The molecule has 2 aromatic rings. The smallest absolute Gasteiger partial charge is 0.134 e. The summed E-state index contributed by atoms with van der Waals surface area (Å²) < 4.78 is 5.39. The summed E-state index contributed by atoms with van der Waals surface area (Å²) in [7, 11) is 2.42. The molecule has 0 aliphatic rings. The standard InChI is InChI=1S/C9H9NO.3C2H6.CH5P/c10-6-8-5-7-3-1-2-4-9(7)11-8;4*1-2/h1-5H,6,10H2;3*1-2H3;2H2,1H3. The topological polar surface area (TPSA) is 39.2 Å². The van der Waals surface area contributed by atoms with Gasteiger partial charge in [0.05, 0.1) is 6.54 Å². The molecule has 1 aromatic heterocycles. The molecule has 0 bridgehead atoms. The van der Waals surface area contributed by atoms with Crippen LogP contribution in [0.15, 0.2) is 34.7 Å². The van der Waals surface area contributed by atoms with Crippen LogP contribution in [0.4, 0.5) is 0 Å². The van der Waals surface area contributed by atoms with Gasteiger partial charge in [0.25, 0.3) is 0 Å². The molecule has 2 N–H and O–H groups in total. The number of hydrogen-bond donors (Lipinski definition) is 1. The van der Waals surface area contributed by atoms with Gasteiger partial charge in [-0.05, 0) is 12.1 Å². The lowest BCUT2D eigenvalue weighted by Crippen LogP contribution is -1.92. The monoisotopic (exact) mass is 285 g/mol. The van der Waals surface area contributed by atoms with Crippen molar-refractivity contribution in [2.45, 2.75) is 48.1 Å². The average molecular weight is 285 g/mol. The highest BCUT2D eigenvalue weighted by atomic mass is 31.0. The van der Waals surface area contributed by atoms with Crippen molar-refractivity contribution in [3.63, 3.8) is 0 Å². The molecule has 2 nitrogen and oxygen atoms in total. The van der Waals surface area contributed by atoms with Crippen LogP contribution >= 0.6 is 9.24 Å². The van der Waals surface area contributed by atoms with Crippen LogP contribution < -0.4 is 5.73 Å². The quantitative estimate of drug-likeness (QED) is 0.706. The number of benzene rings is 1. The molecule has 0 saturated heterocycles. The normalized spacial score (nSPS) is 7.42. The average Bonchev–Trinajstić information content (AvgIpc) is 2.98. The summed E-state index contributed by atoms with van der Waals surface area (Å²) in [6.45, 7) is 14.4. The highest BCUT2D eigenvalue weighted by Gasteiger charge is 1.98. The fourth-order valence-electron chi connectivity index (χ4n) is 1.14. The second-order valence-electron chi connectivity index (χ2n) is 2.45. The molecular formula is C16H32NOP. The zero-order valence-electron chi connectivity index (χ0n) is 13.7. The Morgan fingerprint density at radius 2 is 1.42 bits per heavy atom. The first-order valence-electron chi connectivity index (χ1n) is 7.15. The second kappa shape index (κ2) is 19.5. The molecule has 1 unspecified atom stereocenters. The lowest BCUT2D eigenvalue weighted by molar-refractivity contribution is 0.552. The summed E-state index contributed by atoms with van der Waals surface area (Å²) in [6.07, 6.45) is 0. The van der Waals surface area contributed by atoms with Gasteiger partial charge >= 0.3 is 0 Å². The molecule has 1 heterocycles. The molecule has 1 atom stereocenters. The van der Waals surface area contributed by atoms with Gasteiger partial charge < -0.3 is 10.2 Å². The van der Waals surface area contributed by atoms with Crippen LogP contribution in [-0.2, 0) is 6.54 Å². The van der Waals surface area contributed by atoms with E-state index in [1.165, 1.54) is 0 Å². The maximum atomic E-state index is 5.42. The van der Waals surface area contributed by atoms with Crippen molar-refractivity contribution >= 4 is 20.2 Å². The Kier molecular flexibility index (Phi) is 23.9. The minimum absolute atomic E-state index is 0.467. The van der Waals surface area contributed by atoms with E-state index in [0.717, 1.165) is 16.7 Å². The Bertz CT molecular complexity index is 339. The van der Waals surface area contributed by atoms with Gasteiger partial charge in [0.2, 0.25) is 0 Å². The van der Waals surface area contributed by atoms with Crippen molar-refractivity contribution in [1.82, 2.24) is 0 Å². The minimum atomic E-state index is 0.467. The fourth-order valence-corrected chi connectivity index (χ4v) is 1.14. The van der Waals surface area contributed by atoms with Crippen LogP contribution in [0.25, 0.3) is 11.0 Å². The van der Waals surface area contributed by atoms with Crippen LogP contribution in [0.2, 0.25) is 0 Å². The fraction of sp³-hybridized carbons (Fsp3) is 0.500. The zero-order valence-corrected chi connectivity index (χ0v) is 14.8. The van der Waals surface area contributed by atoms with Gasteiger partial charge in [-0.1, -0.05) is 66.4 Å². The summed E-state index contributed by atoms with van der Waals surface area (Å²) in [5, 5.41) is 1.12. The largest absolute Gasteiger partial charge is 0.460 e. The van der Waals surface area contributed by atoms with Crippen molar-refractivity contribution in [3.05, 3.63) is 36.1 Å². The first-order chi connectivity index (χ1) is 9.40. The van der Waals surface area contributed by atoms with Crippen molar-refractivity contribution in [1.29, 1.82) is 0 Å². The number of hydrogen-bond acceptors (Lipinski definition) is 2. The van der Waals surface area contributed by atoms with E-state index in [1.807, 2.05) is 78.5 Å². The van der Waals surface area contributed by atoms with Gasteiger partial charge in [-0.25, -0.2) is 0 Å². The summed E-state index contributed by atoms with van der Waals surface area (Å²) in [5.41, 5.74) is 6.33. The third-order valence-corrected chi connectivity index (χ3v) is 1.68. The Labute approximate surface area is 122 Å². The van der Waals surface area contributed by atoms with Crippen LogP contribution in [-0.4, -0.2) is 6.66 Å². The first kappa shape index (κ1) is 23.3. The van der Waals surface area contributed by atoms with E-state index in [-0.39, 0.29) is 0 Å². The summed E-state index contributed by atoms with van der Waals surface area (Å²) >= 11 is 0. The second-order valence-corrected chi connectivity index (χ2v) is 2.45. The number of nitrogens with two attached hydrogens (primary N) is 1. The Morgan fingerprint density at radius 3 is 1.84 bits per heavy atom. The van der Waals surface area contributed by atoms with Gasteiger partial charge in [-0.3, -0.25) is 0 Å². The molecule has 3 heteroatoms. The van der Waals surface area contributed by atoms with E-state index >= 15 is 0 Å². The molecule has 0 amide bonds. The molecule has 0 radical (unpaired) electrons. The molecule has 1 aromatic carbocycles. The summed E-state index contributed by atoms with van der Waals surface area (Å²) in [4.78, 5) is 0. The highest BCUT2D eigenvalue weighted by Crippen LogP contribution is 2.17. The lowest BCUT2D eigenvalue weighted by Gasteiger charge is -1.84. The van der Waals surface area contributed by atoms with Gasteiger partial charge in [0.1, 0.15) is 11.3 Å². The van der Waals surface area contributed by atoms with Gasteiger partial charge in [0.15, 0.2) is 0 Å². The van der Waals surface area contributed by atoms with Crippen molar-refractivity contribution in [2.75, 3.05) is 6.66 Å². The highest BCUT2D eigenvalue weighted by molar-refractivity contribution is 7.15. The van der Waals surface area contributed by atoms with E-state index in [9.17, 15) is 0 Å². The number of rotatable bonds is 1. The molecule has 112 valence electrons. The third-order valence-electron chi connectivity index (χ3n) is 1.68. The molecule has 0 aliphatic carbocycles. The van der Waals surface area contributed by atoms with Crippen molar-refractivity contribution in [2.24, 2.45) is 5.73 Å². The summed E-state index contributed by atoms with van der Waals surface area (Å²) in [5.74, 6) is 0.839. The SMILES string of the molecule is CC.CC.CC.CP.NCc1cc2ccccc2o1. The van der Waals surface area contributed by atoms with E-state index in [0.29, 0.717) is 6.54 Å². The van der Waals surface area contributed by atoms with E-state index < -0.39 is 0 Å². The predicted octanol–water partition coefficient (Wildman–Crippen LogP) is 5.46. The zero-order chi connectivity index (χ0) is 15.7. The third kappa shape index (κ3) is 9.69. The van der Waals surface area contributed by atoms with Crippen molar-refractivity contribution < 1.29 is 4.42 Å². The Hall–Kier alpha value is -0.850. The minimum Gasteiger partial charge on any atom is -0.460 e. The maximum Gasteiger partial charge on any atom is 0.134 e. The Balaban J connectivity index is -0.000000278. The summed E-state index contributed by atoms with van der Waals surface area (Å²) in [6, 6.07) is 9.85. The van der Waals surface area contributed by atoms with E-state index in [4.69, 9.17) is 10.2 Å². The van der Waals surface area contributed by atoms with Crippen LogP contribution in [0.3, 0.4) is 0 Å². The maximum absolute atomic E-state index is 5.42. The van der Waals surface area contributed by atoms with Crippen LogP contribution in [0, 0.1) is 0 Å². The van der Waals surface area contributed by atoms with E-state index in [1.54, 1.807) is 0 Å². The van der Waals surface area contributed by atoms with Gasteiger partial charge in [-0.15, -0.1) is 9.24 Å². The molecule has 0 aliphatic heterocycles. The van der Waals surface area contributed by atoms with Crippen LogP contribution in [0.1, 0.15) is 47.3 Å². The molecule has 0 saturated carbocycles. The van der Waals surface area contributed by atoms with E-state index in [2.05, 4.69) is 9.24 Å². The van der Waals surface area contributed by atoms with Gasteiger partial charge in [0, 0.05) is 5.39 Å². The molecule has 0 fully saturated rings. The first-order valence-corrected chi connectivity index (χ1v) is 8.31.